The highest BCUT2D eigenvalue weighted by molar-refractivity contribution is 9.10. The van der Waals surface area contributed by atoms with E-state index in [0.29, 0.717) is 17.1 Å². The number of amides is 1. The Labute approximate surface area is 135 Å². The number of carbonyl (C=O) groups is 1. The van der Waals surface area contributed by atoms with Crippen molar-refractivity contribution in [1.29, 1.82) is 0 Å². The quantitative estimate of drug-likeness (QED) is 0.807. The van der Waals surface area contributed by atoms with Crippen LogP contribution in [0, 0.1) is 0 Å². The van der Waals surface area contributed by atoms with E-state index in [1.165, 1.54) is 0 Å². The molecule has 1 amide bonds. The van der Waals surface area contributed by atoms with Gasteiger partial charge in [-0.3, -0.25) is 9.48 Å². The van der Waals surface area contributed by atoms with Gasteiger partial charge in [0.05, 0.1) is 26.3 Å². The minimum Gasteiger partial charge on any atom is -0.352 e. The lowest BCUT2D eigenvalue weighted by atomic mass is 10.2. The molecule has 2 rings (SSSR count). The van der Waals surface area contributed by atoms with Gasteiger partial charge in [-0.25, -0.2) is 0 Å². The van der Waals surface area contributed by atoms with Gasteiger partial charge in [-0.2, -0.15) is 5.10 Å². The number of halogens is 3. The number of aromatic nitrogens is 2. The predicted molar refractivity (Wildman–Crippen MR) is 83.3 cm³/mol. The summed E-state index contributed by atoms with van der Waals surface area (Å²) < 4.78 is 2.75. The fraction of sp³-hybridized carbons (Fsp3) is 0.231. The van der Waals surface area contributed by atoms with Crippen LogP contribution >= 0.6 is 39.1 Å². The first-order valence-corrected chi connectivity index (χ1v) is 7.53. The predicted octanol–water partition coefficient (Wildman–Crippen LogP) is 3.77. The minimum atomic E-state index is -0.223. The van der Waals surface area contributed by atoms with E-state index in [2.05, 4.69) is 26.3 Å². The number of rotatable bonds is 5. The number of nitrogens with one attached hydrogen (secondary N) is 1. The van der Waals surface area contributed by atoms with E-state index >= 15 is 0 Å². The summed E-state index contributed by atoms with van der Waals surface area (Å²) in [4.78, 5) is 11.9. The van der Waals surface area contributed by atoms with Gasteiger partial charge in [0.25, 0.3) is 5.91 Å². The number of benzene rings is 1. The SMILES string of the molecule is O=C(NCCCn1cc(Br)cn1)c1cccc(Cl)c1Cl. The van der Waals surface area contributed by atoms with Gasteiger partial charge in [-0.15, -0.1) is 0 Å². The van der Waals surface area contributed by atoms with E-state index in [-0.39, 0.29) is 10.9 Å². The molecule has 1 aromatic carbocycles. The molecule has 0 atom stereocenters. The molecule has 106 valence electrons. The molecule has 0 saturated carbocycles. The third-order valence-electron chi connectivity index (χ3n) is 2.65. The fourth-order valence-electron chi connectivity index (χ4n) is 1.68. The second kappa shape index (κ2) is 7.11. The largest absolute Gasteiger partial charge is 0.352 e. The molecule has 0 spiro atoms. The molecular weight excluding hydrogens is 365 g/mol. The highest BCUT2D eigenvalue weighted by atomic mass is 79.9. The molecule has 20 heavy (non-hydrogen) atoms. The molecule has 0 unspecified atom stereocenters. The first-order chi connectivity index (χ1) is 9.58. The van der Waals surface area contributed by atoms with Gasteiger partial charge in [0, 0.05) is 19.3 Å². The summed E-state index contributed by atoms with van der Waals surface area (Å²) in [5, 5.41) is 7.60. The summed E-state index contributed by atoms with van der Waals surface area (Å²) in [6.45, 7) is 1.27. The molecule has 0 aliphatic rings. The summed E-state index contributed by atoms with van der Waals surface area (Å²) in [5.74, 6) is -0.223. The first kappa shape index (κ1) is 15.4. The fourth-order valence-corrected chi connectivity index (χ4v) is 2.39. The lowest BCUT2D eigenvalue weighted by Gasteiger charge is -2.07. The summed E-state index contributed by atoms with van der Waals surface area (Å²) in [6, 6.07) is 4.99. The summed E-state index contributed by atoms with van der Waals surface area (Å²) in [7, 11) is 0. The molecule has 7 heteroatoms. The Morgan fingerprint density at radius 2 is 2.20 bits per heavy atom. The van der Waals surface area contributed by atoms with E-state index < -0.39 is 0 Å². The number of aryl methyl sites for hydroxylation is 1. The van der Waals surface area contributed by atoms with Crippen molar-refractivity contribution in [2.24, 2.45) is 0 Å². The van der Waals surface area contributed by atoms with Crippen molar-refractivity contribution in [2.75, 3.05) is 6.54 Å². The Morgan fingerprint density at radius 3 is 2.90 bits per heavy atom. The number of nitrogens with zero attached hydrogens (tertiary/aromatic N) is 2. The highest BCUT2D eigenvalue weighted by Crippen LogP contribution is 2.25. The van der Waals surface area contributed by atoms with Crippen LogP contribution in [0.5, 0.6) is 0 Å². The maximum atomic E-state index is 11.9. The number of carbonyl (C=O) groups excluding carboxylic acids is 1. The molecule has 1 N–H and O–H groups in total. The standard InChI is InChI=1S/C13H12BrCl2N3O/c14-9-7-18-19(8-9)6-2-5-17-13(20)10-3-1-4-11(15)12(10)16/h1,3-4,7-8H,2,5-6H2,(H,17,20). The molecule has 0 aliphatic heterocycles. The summed E-state index contributed by atoms with van der Waals surface area (Å²) >= 11 is 15.2. The number of hydrogen-bond donors (Lipinski definition) is 1. The average molecular weight is 377 g/mol. The van der Waals surface area contributed by atoms with Crippen LogP contribution in [0.4, 0.5) is 0 Å². The molecule has 4 nitrogen and oxygen atoms in total. The van der Waals surface area contributed by atoms with Gasteiger partial charge in [0.15, 0.2) is 0 Å². The maximum Gasteiger partial charge on any atom is 0.252 e. The molecule has 0 bridgehead atoms. The average Bonchev–Trinajstić information content (AvgIpc) is 2.83. The molecule has 1 aromatic heterocycles. The van der Waals surface area contributed by atoms with Crippen molar-refractivity contribution < 1.29 is 4.79 Å². The smallest absolute Gasteiger partial charge is 0.252 e. The van der Waals surface area contributed by atoms with Crippen LogP contribution in [0.1, 0.15) is 16.8 Å². The van der Waals surface area contributed by atoms with Gasteiger partial charge in [-0.1, -0.05) is 29.3 Å². The molecular formula is C13H12BrCl2N3O. The van der Waals surface area contributed by atoms with Crippen molar-refractivity contribution in [2.45, 2.75) is 13.0 Å². The van der Waals surface area contributed by atoms with Crippen molar-refractivity contribution in [3.05, 3.63) is 50.7 Å². The monoisotopic (exact) mass is 375 g/mol. The van der Waals surface area contributed by atoms with Crippen molar-refractivity contribution in [1.82, 2.24) is 15.1 Å². The Kier molecular flexibility index (Phi) is 5.46. The Hall–Kier alpha value is -1.04. The molecule has 0 radical (unpaired) electrons. The second-order valence-corrected chi connectivity index (χ2v) is 5.83. The van der Waals surface area contributed by atoms with E-state index in [1.807, 2.05) is 10.9 Å². The molecule has 0 aliphatic carbocycles. The van der Waals surface area contributed by atoms with Crippen LogP contribution in [0.3, 0.4) is 0 Å². The van der Waals surface area contributed by atoms with Crippen LogP contribution in [-0.4, -0.2) is 22.2 Å². The van der Waals surface area contributed by atoms with E-state index in [1.54, 1.807) is 24.4 Å². The van der Waals surface area contributed by atoms with Gasteiger partial charge < -0.3 is 5.32 Å². The normalized spacial score (nSPS) is 10.6. The van der Waals surface area contributed by atoms with Crippen molar-refractivity contribution >= 4 is 45.0 Å². The van der Waals surface area contributed by atoms with Crippen molar-refractivity contribution in [3.63, 3.8) is 0 Å². The lowest BCUT2D eigenvalue weighted by molar-refractivity contribution is 0.0952. The zero-order chi connectivity index (χ0) is 14.5. The minimum absolute atomic E-state index is 0.223. The highest BCUT2D eigenvalue weighted by Gasteiger charge is 2.11. The van der Waals surface area contributed by atoms with Gasteiger partial charge >= 0.3 is 0 Å². The Bertz CT molecular complexity index is 615. The van der Waals surface area contributed by atoms with Crippen LogP contribution in [0.2, 0.25) is 10.0 Å². The zero-order valence-electron chi connectivity index (χ0n) is 10.4. The van der Waals surface area contributed by atoms with Crippen LogP contribution in [-0.2, 0) is 6.54 Å². The zero-order valence-corrected chi connectivity index (χ0v) is 13.5. The third-order valence-corrected chi connectivity index (χ3v) is 3.88. The summed E-state index contributed by atoms with van der Waals surface area (Å²) in [5.41, 5.74) is 0.390. The summed E-state index contributed by atoms with van der Waals surface area (Å²) in [6.07, 6.45) is 4.39. The van der Waals surface area contributed by atoms with E-state index in [4.69, 9.17) is 23.2 Å². The van der Waals surface area contributed by atoms with Gasteiger partial charge in [0.2, 0.25) is 0 Å². The van der Waals surface area contributed by atoms with Crippen LogP contribution in [0.25, 0.3) is 0 Å². The lowest BCUT2D eigenvalue weighted by Crippen LogP contribution is -2.25. The van der Waals surface area contributed by atoms with Crippen LogP contribution < -0.4 is 5.32 Å². The third kappa shape index (κ3) is 3.98. The molecule has 2 aromatic rings. The van der Waals surface area contributed by atoms with Crippen molar-refractivity contribution in [3.8, 4) is 0 Å². The number of hydrogen-bond acceptors (Lipinski definition) is 2. The Morgan fingerprint density at radius 1 is 1.40 bits per heavy atom. The second-order valence-electron chi connectivity index (χ2n) is 4.13. The van der Waals surface area contributed by atoms with E-state index in [0.717, 1.165) is 17.4 Å². The molecule has 0 saturated heterocycles. The van der Waals surface area contributed by atoms with E-state index in [9.17, 15) is 4.79 Å². The van der Waals surface area contributed by atoms with Gasteiger partial charge in [0.1, 0.15) is 0 Å². The maximum absolute atomic E-state index is 11.9. The van der Waals surface area contributed by atoms with Gasteiger partial charge in [-0.05, 0) is 34.5 Å². The first-order valence-electron chi connectivity index (χ1n) is 5.98. The van der Waals surface area contributed by atoms with Crippen LogP contribution in [0.15, 0.2) is 35.1 Å². The molecule has 1 heterocycles. The Balaban J connectivity index is 1.82. The molecule has 0 fully saturated rings. The topological polar surface area (TPSA) is 46.9 Å².